The lowest BCUT2D eigenvalue weighted by Crippen LogP contribution is -2.58. The van der Waals surface area contributed by atoms with Crippen molar-refractivity contribution in [3.8, 4) is 0 Å². The van der Waals surface area contributed by atoms with Gasteiger partial charge in [-0.1, -0.05) is 30.3 Å². The second-order valence-corrected chi connectivity index (χ2v) is 8.93. The van der Waals surface area contributed by atoms with E-state index in [4.69, 9.17) is 12.2 Å². The summed E-state index contributed by atoms with van der Waals surface area (Å²) in [6.45, 7) is 0. The minimum absolute atomic E-state index is 0.340. The van der Waals surface area contributed by atoms with Crippen LogP contribution in [-0.2, 0) is 0 Å². The molecular weight excluding hydrogens is 328 g/mol. The molecule has 1 aromatic carbocycles. The van der Waals surface area contributed by atoms with Crippen LogP contribution in [0, 0.1) is 5.92 Å². The Morgan fingerprint density at radius 1 is 1.00 bits per heavy atom. The van der Waals surface area contributed by atoms with E-state index in [9.17, 15) is 0 Å². The second kappa shape index (κ2) is 6.46. The number of thiocarbonyl (C=S) groups is 1. The van der Waals surface area contributed by atoms with Gasteiger partial charge in [0.1, 0.15) is 0 Å². The maximum Gasteiger partial charge on any atom is 0.167 e. The van der Waals surface area contributed by atoms with Crippen molar-refractivity contribution in [2.75, 3.05) is 11.5 Å². The maximum absolute atomic E-state index is 5.52. The summed E-state index contributed by atoms with van der Waals surface area (Å²) in [6, 6.07) is 11.5. The number of rotatable bonds is 1. The van der Waals surface area contributed by atoms with Crippen LogP contribution in [0.15, 0.2) is 40.1 Å². The molecule has 0 bridgehead atoms. The van der Waals surface area contributed by atoms with E-state index in [1.165, 1.54) is 36.3 Å². The monoisotopic (exact) mass is 348 g/mol. The van der Waals surface area contributed by atoms with E-state index in [0.29, 0.717) is 18.0 Å². The first-order chi connectivity index (χ1) is 10.8. The van der Waals surface area contributed by atoms with Gasteiger partial charge in [0.25, 0.3) is 0 Å². The molecule has 0 amide bonds. The van der Waals surface area contributed by atoms with Crippen molar-refractivity contribution in [3.05, 3.63) is 45.7 Å². The maximum atomic E-state index is 5.52. The number of hydrogen-bond donors (Lipinski definition) is 2. The number of hydrogen-bond acceptors (Lipinski definition) is 3. The van der Waals surface area contributed by atoms with E-state index in [0.717, 1.165) is 5.11 Å². The Morgan fingerprint density at radius 2 is 1.73 bits per heavy atom. The molecule has 5 heteroatoms. The molecule has 0 aromatic heterocycles. The van der Waals surface area contributed by atoms with Crippen molar-refractivity contribution in [3.63, 3.8) is 0 Å². The highest BCUT2D eigenvalue weighted by molar-refractivity contribution is 8.25. The first-order valence-electron chi connectivity index (χ1n) is 7.93. The van der Waals surface area contributed by atoms with Gasteiger partial charge in [-0.05, 0) is 42.6 Å². The normalized spacial score (nSPS) is 31.5. The quantitative estimate of drug-likeness (QED) is 0.745. The van der Waals surface area contributed by atoms with Gasteiger partial charge in [-0.15, -0.1) is 23.5 Å². The highest BCUT2D eigenvalue weighted by Crippen LogP contribution is 2.47. The SMILES string of the molecule is S=C1NC2C(=C3SCCS3)CCCC2C(c2ccccc2)N1. The van der Waals surface area contributed by atoms with Crippen LogP contribution in [0.3, 0.4) is 0 Å². The van der Waals surface area contributed by atoms with Gasteiger partial charge in [0.05, 0.1) is 12.1 Å². The zero-order valence-electron chi connectivity index (χ0n) is 12.4. The van der Waals surface area contributed by atoms with Gasteiger partial charge >= 0.3 is 0 Å². The van der Waals surface area contributed by atoms with Crippen LogP contribution < -0.4 is 10.6 Å². The average molecular weight is 349 g/mol. The molecule has 4 rings (SSSR count). The summed E-state index contributed by atoms with van der Waals surface area (Å²) in [6.07, 6.45) is 3.78. The minimum atomic E-state index is 0.340. The molecule has 2 saturated heterocycles. The number of fused-ring (bicyclic) bond motifs is 1. The number of thioether (sulfide) groups is 2. The predicted molar refractivity (Wildman–Crippen MR) is 101 cm³/mol. The molecule has 1 saturated carbocycles. The Balaban J connectivity index is 1.69. The van der Waals surface area contributed by atoms with E-state index >= 15 is 0 Å². The summed E-state index contributed by atoms with van der Waals surface area (Å²) in [5, 5.41) is 7.92. The Labute approximate surface area is 145 Å². The molecule has 3 atom stereocenters. The predicted octanol–water partition coefficient (Wildman–Crippen LogP) is 4.07. The highest BCUT2D eigenvalue weighted by atomic mass is 32.2. The summed E-state index contributed by atoms with van der Waals surface area (Å²) in [5.41, 5.74) is 2.98. The third-order valence-corrected chi connectivity index (χ3v) is 7.83. The van der Waals surface area contributed by atoms with Crippen molar-refractivity contribution >= 4 is 40.9 Å². The molecular formula is C17H20N2S3. The number of benzene rings is 1. The van der Waals surface area contributed by atoms with Crippen molar-refractivity contribution in [1.82, 2.24) is 10.6 Å². The van der Waals surface area contributed by atoms with Crippen molar-refractivity contribution in [2.24, 2.45) is 5.92 Å². The Bertz CT molecular complexity index is 591. The molecule has 2 heterocycles. The van der Waals surface area contributed by atoms with E-state index in [2.05, 4.69) is 41.0 Å². The molecule has 0 spiro atoms. The van der Waals surface area contributed by atoms with Crippen LogP contribution in [0.25, 0.3) is 0 Å². The zero-order valence-corrected chi connectivity index (χ0v) is 14.8. The molecule has 2 aliphatic heterocycles. The Morgan fingerprint density at radius 3 is 2.50 bits per heavy atom. The van der Waals surface area contributed by atoms with E-state index in [1.807, 2.05) is 23.5 Å². The summed E-state index contributed by atoms with van der Waals surface area (Å²) in [4.78, 5) is 0. The first-order valence-corrected chi connectivity index (χ1v) is 10.3. The Kier molecular flexibility index (Phi) is 4.38. The fourth-order valence-electron chi connectivity index (χ4n) is 3.81. The van der Waals surface area contributed by atoms with Crippen LogP contribution in [0.2, 0.25) is 0 Å². The highest BCUT2D eigenvalue weighted by Gasteiger charge is 2.41. The van der Waals surface area contributed by atoms with E-state index in [-0.39, 0.29) is 0 Å². The van der Waals surface area contributed by atoms with Crippen molar-refractivity contribution < 1.29 is 0 Å². The smallest absolute Gasteiger partial charge is 0.167 e. The third kappa shape index (κ3) is 2.79. The van der Waals surface area contributed by atoms with Crippen molar-refractivity contribution in [2.45, 2.75) is 31.3 Å². The van der Waals surface area contributed by atoms with Gasteiger partial charge in [0.15, 0.2) is 5.11 Å². The number of nitrogens with one attached hydrogen (secondary N) is 2. The lowest BCUT2D eigenvalue weighted by Gasteiger charge is -2.45. The second-order valence-electron chi connectivity index (χ2n) is 6.05. The van der Waals surface area contributed by atoms with Gasteiger partial charge in [0, 0.05) is 21.7 Å². The average Bonchev–Trinajstić information content (AvgIpc) is 3.08. The van der Waals surface area contributed by atoms with Crippen LogP contribution in [0.5, 0.6) is 0 Å². The zero-order chi connectivity index (χ0) is 14.9. The standard InChI is InChI=1S/C17H20N2S3/c20-17-18-14(11-5-2-1-3-6-11)12-7-4-8-13(15(12)19-17)16-21-9-10-22-16/h1-3,5-6,12,14-15H,4,7-10H2,(H2,18,19,20). The summed E-state index contributed by atoms with van der Waals surface area (Å²) in [7, 11) is 0. The van der Waals surface area contributed by atoms with E-state index in [1.54, 1.807) is 9.81 Å². The molecule has 3 fully saturated rings. The summed E-state index contributed by atoms with van der Waals surface area (Å²) in [5.74, 6) is 3.10. The van der Waals surface area contributed by atoms with Gasteiger partial charge in [-0.25, -0.2) is 0 Å². The fraction of sp³-hybridized carbons (Fsp3) is 0.471. The largest absolute Gasteiger partial charge is 0.356 e. The molecule has 2 nitrogen and oxygen atoms in total. The van der Waals surface area contributed by atoms with Gasteiger partial charge in [-0.3, -0.25) is 0 Å². The van der Waals surface area contributed by atoms with Crippen LogP contribution in [0.4, 0.5) is 0 Å². The summed E-state index contributed by atoms with van der Waals surface area (Å²) < 4.78 is 1.57. The third-order valence-electron chi connectivity index (χ3n) is 4.76. The lowest BCUT2D eigenvalue weighted by molar-refractivity contribution is 0.259. The van der Waals surface area contributed by atoms with Crippen LogP contribution in [-0.4, -0.2) is 22.7 Å². The summed E-state index contributed by atoms with van der Waals surface area (Å²) >= 11 is 9.60. The van der Waals surface area contributed by atoms with Crippen LogP contribution in [0.1, 0.15) is 30.9 Å². The van der Waals surface area contributed by atoms with E-state index < -0.39 is 0 Å². The first kappa shape index (κ1) is 14.9. The van der Waals surface area contributed by atoms with Crippen LogP contribution >= 0.6 is 35.7 Å². The Hall–Kier alpha value is -0.650. The molecule has 1 aromatic rings. The molecule has 3 unspecified atom stereocenters. The molecule has 0 radical (unpaired) electrons. The fourth-order valence-corrected chi connectivity index (χ4v) is 6.76. The molecule has 3 aliphatic rings. The molecule has 22 heavy (non-hydrogen) atoms. The molecule has 1 aliphatic carbocycles. The van der Waals surface area contributed by atoms with Gasteiger partial charge in [-0.2, -0.15) is 0 Å². The molecule has 2 N–H and O–H groups in total. The van der Waals surface area contributed by atoms with Gasteiger partial charge in [0.2, 0.25) is 0 Å². The van der Waals surface area contributed by atoms with Gasteiger partial charge < -0.3 is 10.6 Å². The molecule has 116 valence electrons. The van der Waals surface area contributed by atoms with Crippen molar-refractivity contribution in [1.29, 1.82) is 0 Å². The topological polar surface area (TPSA) is 24.1 Å². The minimum Gasteiger partial charge on any atom is -0.356 e. The lowest BCUT2D eigenvalue weighted by atomic mass is 9.74.